The minimum absolute atomic E-state index is 0. The van der Waals surface area contributed by atoms with E-state index in [-0.39, 0.29) is 24.8 Å². The molecular weight excluding hydrogens is 303 g/mol. The summed E-state index contributed by atoms with van der Waals surface area (Å²) in [5, 5.41) is 0. The highest BCUT2D eigenvalue weighted by Crippen LogP contribution is 2.36. The Morgan fingerprint density at radius 1 is 0.952 bits per heavy atom. The van der Waals surface area contributed by atoms with Crippen molar-refractivity contribution in [1.82, 2.24) is 0 Å². The SMILES string of the molecule is Cl.N[C@H](COc1ccccc1C(F)(F)F)c1ccccc1. The van der Waals surface area contributed by atoms with Crippen LogP contribution in [0.3, 0.4) is 0 Å². The first-order valence-electron chi connectivity index (χ1n) is 6.08. The van der Waals surface area contributed by atoms with E-state index >= 15 is 0 Å². The van der Waals surface area contributed by atoms with E-state index in [1.165, 1.54) is 18.2 Å². The van der Waals surface area contributed by atoms with Crippen molar-refractivity contribution < 1.29 is 17.9 Å². The van der Waals surface area contributed by atoms with Gasteiger partial charge in [0.15, 0.2) is 0 Å². The fourth-order valence-corrected chi connectivity index (χ4v) is 1.80. The van der Waals surface area contributed by atoms with Gasteiger partial charge in [0, 0.05) is 0 Å². The van der Waals surface area contributed by atoms with Crippen LogP contribution in [0.15, 0.2) is 54.6 Å². The highest BCUT2D eigenvalue weighted by atomic mass is 35.5. The van der Waals surface area contributed by atoms with Crippen LogP contribution in [-0.4, -0.2) is 6.61 Å². The maximum Gasteiger partial charge on any atom is 0.419 e. The minimum atomic E-state index is -4.44. The van der Waals surface area contributed by atoms with Gasteiger partial charge < -0.3 is 10.5 Å². The zero-order valence-corrected chi connectivity index (χ0v) is 11.8. The molecule has 0 amide bonds. The van der Waals surface area contributed by atoms with E-state index in [1.807, 2.05) is 30.3 Å². The van der Waals surface area contributed by atoms with Crippen LogP contribution in [0.2, 0.25) is 0 Å². The van der Waals surface area contributed by atoms with Gasteiger partial charge in [0.05, 0.1) is 11.6 Å². The predicted molar refractivity (Wildman–Crippen MR) is 77.6 cm³/mol. The number of para-hydroxylation sites is 1. The number of hydrogen-bond acceptors (Lipinski definition) is 2. The number of nitrogens with two attached hydrogens (primary N) is 1. The van der Waals surface area contributed by atoms with Crippen LogP contribution in [0.1, 0.15) is 17.2 Å². The van der Waals surface area contributed by atoms with Crippen LogP contribution < -0.4 is 10.5 Å². The average Bonchev–Trinajstić information content (AvgIpc) is 2.45. The second-order valence-electron chi connectivity index (χ2n) is 4.32. The number of rotatable bonds is 4. The third-order valence-electron chi connectivity index (χ3n) is 2.84. The molecule has 6 heteroatoms. The van der Waals surface area contributed by atoms with Gasteiger partial charge in [-0.05, 0) is 17.7 Å². The summed E-state index contributed by atoms with van der Waals surface area (Å²) in [4.78, 5) is 0. The lowest BCUT2D eigenvalue weighted by molar-refractivity contribution is -0.139. The summed E-state index contributed by atoms with van der Waals surface area (Å²) in [6.07, 6.45) is -4.44. The lowest BCUT2D eigenvalue weighted by Gasteiger charge is -2.17. The lowest BCUT2D eigenvalue weighted by atomic mass is 10.1. The fraction of sp³-hybridized carbons (Fsp3) is 0.200. The monoisotopic (exact) mass is 317 g/mol. The molecule has 0 spiro atoms. The molecule has 0 radical (unpaired) electrons. The molecule has 0 aliphatic heterocycles. The molecule has 21 heavy (non-hydrogen) atoms. The summed E-state index contributed by atoms with van der Waals surface area (Å²) in [5.41, 5.74) is 5.92. The van der Waals surface area contributed by atoms with E-state index < -0.39 is 17.8 Å². The zero-order valence-electron chi connectivity index (χ0n) is 11.0. The average molecular weight is 318 g/mol. The van der Waals surface area contributed by atoms with Gasteiger partial charge in [-0.15, -0.1) is 12.4 Å². The molecule has 0 aromatic heterocycles. The van der Waals surface area contributed by atoms with Crippen molar-refractivity contribution in [2.45, 2.75) is 12.2 Å². The third kappa shape index (κ3) is 4.65. The number of benzene rings is 2. The van der Waals surface area contributed by atoms with Crippen LogP contribution in [0.4, 0.5) is 13.2 Å². The first kappa shape index (κ1) is 17.3. The Labute approximate surface area is 127 Å². The molecule has 2 N–H and O–H groups in total. The standard InChI is InChI=1S/C15H14F3NO.ClH/c16-15(17,18)12-8-4-5-9-14(12)20-10-13(19)11-6-2-1-3-7-11;/h1-9,13H,10,19H2;1H/t13-;/m1./s1. The Kier molecular flexibility index (Phi) is 6.05. The summed E-state index contributed by atoms with van der Waals surface area (Å²) in [6, 6.07) is 13.7. The molecule has 0 aliphatic rings. The molecule has 0 unspecified atom stereocenters. The molecule has 0 bridgehead atoms. The second-order valence-corrected chi connectivity index (χ2v) is 4.32. The Hall–Kier alpha value is -1.72. The number of ether oxygens (including phenoxy) is 1. The van der Waals surface area contributed by atoms with Gasteiger partial charge in [0.1, 0.15) is 12.4 Å². The van der Waals surface area contributed by atoms with Gasteiger partial charge in [0.2, 0.25) is 0 Å². The number of alkyl halides is 3. The van der Waals surface area contributed by atoms with Gasteiger partial charge in [-0.1, -0.05) is 42.5 Å². The summed E-state index contributed by atoms with van der Waals surface area (Å²) in [5.74, 6) is -0.202. The summed E-state index contributed by atoms with van der Waals surface area (Å²) in [7, 11) is 0. The molecule has 2 aromatic rings. The van der Waals surface area contributed by atoms with E-state index in [2.05, 4.69) is 0 Å². The van der Waals surface area contributed by atoms with Gasteiger partial charge >= 0.3 is 6.18 Å². The van der Waals surface area contributed by atoms with E-state index in [4.69, 9.17) is 10.5 Å². The third-order valence-corrected chi connectivity index (χ3v) is 2.84. The second kappa shape index (κ2) is 7.33. The van der Waals surface area contributed by atoms with Gasteiger partial charge in [-0.2, -0.15) is 13.2 Å². The highest BCUT2D eigenvalue weighted by molar-refractivity contribution is 5.85. The van der Waals surface area contributed by atoms with E-state index in [0.29, 0.717) is 0 Å². The number of hydrogen-bond donors (Lipinski definition) is 1. The molecule has 2 nitrogen and oxygen atoms in total. The van der Waals surface area contributed by atoms with Crippen molar-refractivity contribution in [3.63, 3.8) is 0 Å². The molecule has 0 fully saturated rings. The van der Waals surface area contributed by atoms with Crippen molar-refractivity contribution >= 4 is 12.4 Å². The van der Waals surface area contributed by atoms with E-state index in [9.17, 15) is 13.2 Å². The van der Waals surface area contributed by atoms with Crippen LogP contribution in [0.25, 0.3) is 0 Å². The van der Waals surface area contributed by atoms with Crippen LogP contribution in [0, 0.1) is 0 Å². The Balaban J connectivity index is 0.00000220. The van der Waals surface area contributed by atoms with Gasteiger partial charge in [-0.3, -0.25) is 0 Å². The lowest BCUT2D eigenvalue weighted by Crippen LogP contribution is -2.20. The van der Waals surface area contributed by atoms with E-state index in [0.717, 1.165) is 11.6 Å². The van der Waals surface area contributed by atoms with Crippen molar-refractivity contribution in [2.75, 3.05) is 6.61 Å². The minimum Gasteiger partial charge on any atom is -0.491 e. The molecule has 0 heterocycles. The molecular formula is C15H15ClF3NO. The first-order valence-corrected chi connectivity index (χ1v) is 6.08. The van der Waals surface area contributed by atoms with Crippen molar-refractivity contribution in [3.8, 4) is 5.75 Å². The van der Waals surface area contributed by atoms with Crippen LogP contribution in [-0.2, 0) is 6.18 Å². The van der Waals surface area contributed by atoms with Crippen molar-refractivity contribution in [2.24, 2.45) is 5.73 Å². The summed E-state index contributed by atoms with van der Waals surface area (Å²) < 4.78 is 43.6. The predicted octanol–water partition coefficient (Wildman–Crippen LogP) is 4.21. The number of halogens is 4. The van der Waals surface area contributed by atoms with Crippen LogP contribution >= 0.6 is 12.4 Å². The maximum atomic E-state index is 12.8. The smallest absolute Gasteiger partial charge is 0.419 e. The molecule has 2 aromatic carbocycles. The first-order chi connectivity index (χ1) is 9.48. The molecule has 0 saturated carbocycles. The molecule has 114 valence electrons. The van der Waals surface area contributed by atoms with Crippen molar-refractivity contribution in [3.05, 3.63) is 65.7 Å². The maximum absolute atomic E-state index is 12.8. The highest BCUT2D eigenvalue weighted by Gasteiger charge is 2.34. The normalized spacial score (nSPS) is 12.4. The zero-order chi connectivity index (χ0) is 14.6. The molecule has 2 rings (SSSR count). The quantitative estimate of drug-likeness (QED) is 0.917. The van der Waals surface area contributed by atoms with E-state index in [1.54, 1.807) is 0 Å². The Morgan fingerprint density at radius 2 is 1.52 bits per heavy atom. The Morgan fingerprint density at radius 3 is 2.14 bits per heavy atom. The van der Waals surface area contributed by atoms with Crippen LogP contribution in [0.5, 0.6) is 5.75 Å². The van der Waals surface area contributed by atoms with Gasteiger partial charge in [0.25, 0.3) is 0 Å². The summed E-state index contributed by atoms with van der Waals surface area (Å²) in [6.45, 7) is -0.0168. The molecule has 1 atom stereocenters. The molecule has 0 aliphatic carbocycles. The topological polar surface area (TPSA) is 35.2 Å². The van der Waals surface area contributed by atoms with Crippen molar-refractivity contribution in [1.29, 1.82) is 0 Å². The Bertz CT molecular complexity index is 560. The summed E-state index contributed by atoms with van der Waals surface area (Å²) >= 11 is 0. The fourth-order valence-electron chi connectivity index (χ4n) is 1.80. The largest absolute Gasteiger partial charge is 0.491 e. The van der Waals surface area contributed by atoms with Gasteiger partial charge in [-0.25, -0.2) is 0 Å². The molecule has 0 saturated heterocycles.